The summed E-state index contributed by atoms with van der Waals surface area (Å²) in [6.07, 6.45) is 2.28. The minimum Gasteiger partial charge on any atom is -0.466 e. The Morgan fingerprint density at radius 3 is 2.78 bits per heavy atom. The Morgan fingerprint density at radius 2 is 2.17 bits per heavy atom. The van der Waals surface area contributed by atoms with Crippen LogP contribution in [0.25, 0.3) is 0 Å². The van der Waals surface area contributed by atoms with Crippen LogP contribution in [-0.2, 0) is 0 Å². The van der Waals surface area contributed by atoms with Gasteiger partial charge in [-0.25, -0.2) is 0 Å². The average Bonchev–Trinajstić information content (AvgIpc) is 2.96. The van der Waals surface area contributed by atoms with Crippen molar-refractivity contribution >= 4 is 5.91 Å². The normalized spacial score (nSPS) is 30.8. The molecule has 1 aromatic heterocycles. The molecule has 2 N–H and O–H groups in total. The summed E-state index contributed by atoms with van der Waals surface area (Å²) in [4.78, 5) is 14.4. The van der Waals surface area contributed by atoms with Crippen LogP contribution in [0.3, 0.4) is 0 Å². The fraction of sp³-hybridized carbons (Fsp3) is 0.643. The van der Waals surface area contributed by atoms with Crippen molar-refractivity contribution in [3.63, 3.8) is 0 Å². The molecule has 98 valence electrons. The van der Waals surface area contributed by atoms with Gasteiger partial charge in [-0.15, -0.1) is 0 Å². The van der Waals surface area contributed by atoms with E-state index < -0.39 is 0 Å². The SMILES string of the molecule is Cc1cc(C(=O)N2C[C@@H]3CC[C@H](N)[C@H]3C2)c(C)o1. The Hall–Kier alpha value is -1.29. The van der Waals surface area contributed by atoms with Crippen molar-refractivity contribution < 1.29 is 9.21 Å². The van der Waals surface area contributed by atoms with Crippen LogP contribution in [0.15, 0.2) is 10.5 Å². The number of aryl methyl sites for hydroxylation is 2. The third-order valence-electron chi connectivity index (χ3n) is 4.47. The number of nitrogens with two attached hydrogens (primary N) is 1. The van der Waals surface area contributed by atoms with Crippen LogP contribution in [0.5, 0.6) is 0 Å². The third-order valence-corrected chi connectivity index (χ3v) is 4.47. The van der Waals surface area contributed by atoms with Crippen LogP contribution >= 0.6 is 0 Å². The highest BCUT2D eigenvalue weighted by molar-refractivity contribution is 5.95. The highest BCUT2D eigenvalue weighted by Gasteiger charge is 2.42. The second kappa shape index (κ2) is 4.12. The molecule has 0 spiro atoms. The molecule has 1 saturated heterocycles. The van der Waals surface area contributed by atoms with E-state index in [0.29, 0.717) is 17.4 Å². The van der Waals surface area contributed by atoms with Gasteiger partial charge >= 0.3 is 0 Å². The van der Waals surface area contributed by atoms with Crippen LogP contribution < -0.4 is 5.73 Å². The Labute approximate surface area is 107 Å². The molecule has 3 rings (SSSR count). The zero-order chi connectivity index (χ0) is 12.9. The number of fused-ring (bicyclic) bond motifs is 1. The predicted octanol–water partition coefficient (Wildman–Crippen LogP) is 1.71. The van der Waals surface area contributed by atoms with Crippen molar-refractivity contribution in [3.05, 3.63) is 23.2 Å². The number of furan rings is 1. The average molecular weight is 248 g/mol. The molecular weight excluding hydrogens is 228 g/mol. The third kappa shape index (κ3) is 1.75. The van der Waals surface area contributed by atoms with Gasteiger partial charge in [0.15, 0.2) is 0 Å². The molecule has 1 saturated carbocycles. The fourth-order valence-corrected chi connectivity index (χ4v) is 3.49. The van der Waals surface area contributed by atoms with E-state index in [1.165, 1.54) is 6.42 Å². The molecule has 2 fully saturated rings. The number of likely N-dealkylation sites (tertiary alicyclic amines) is 1. The minimum atomic E-state index is 0.103. The second-order valence-electron chi connectivity index (χ2n) is 5.70. The summed E-state index contributed by atoms with van der Waals surface area (Å²) < 4.78 is 5.44. The summed E-state index contributed by atoms with van der Waals surface area (Å²) in [5.74, 6) is 2.73. The lowest BCUT2D eigenvalue weighted by molar-refractivity contribution is 0.0778. The first-order valence-electron chi connectivity index (χ1n) is 6.68. The van der Waals surface area contributed by atoms with Crippen LogP contribution in [0, 0.1) is 25.7 Å². The maximum absolute atomic E-state index is 12.4. The molecule has 2 aliphatic rings. The maximum atomic E-state index is 12.4. The largest absolute Gasteiger partial charge is 0.466 e. The van der Waals surface area contributed by atoms with E-state index in [1.807, 2.05) is 24.8 Å². The van der Waals surface area contributed by atoms with E-state index in [0.717, 1.165) is 31.0 Å². The van der Waals surface area contributed by atoms with Gasteiger partial charge in [-0.05, 0) is 44.6 Å². The first kappa shape index (κ1) is 11.8. The molecule has 0 radical (unpaired) electrons. The summed E-state index contributed by atoms with van der Waals surface area (Å²) in [6, 6.07) is 2.12. The van der Waals surface area contributed by atoms with Crippen molar-refractivity contribution in [1.29, 1.82) is 0 Å². The van der Waals surface area contributed by atoms with Gasteiger partial charge < -0.3 is 15.1 Å². The Kier molecular flexibility index (Phi) is 2.70. The van der Waals surface area contributed by atoms with E-state index in [9.17, 15) is 4.79 Å². The van der Waals surface area contributed by atoms with Gasteiger partial charge in [0.1, 0.15) is 11.5 Å². The summed E-state index contributed by atoms with van der Waals surface area (Å²) in [6.45, 7) is 5.40. The lowest BCUT2D eigenvalue weighted by atomic mass is 9.98. The van der Waals surface area contributed by atoms with Crippen LogP contribution in [-0.4, -0.2) is 29.9 Å². The smallest absolute Gasteiger partial charge is 0.257 e. The van der Waals surface area contributed by atoms with Crippen molar-refractivity contribution in [1.82, 2.24) is 4.90 Å². The number of hydrogen-bond acceptors (Lipinski definition) is 3. The number of hydrogen-bond donors (Lipinski definition) is 1. The zero-order valence-electron chi connectivity index (χ0n) is 11.0. The molecule has 4 heteroatoms. The number of carbonyl (C=O) groups excluding carboxylic acids is 1. The highest BCUT2D eigenvalue weighted by Crippen LogP contribution is 2.37. The number of amides is 1. The van der Waals surface area contributed by atoms with Gasteiger partial charge in [-0.3, -0.25) is 4.79 Å². The monoisotopic (exact) mass is 248 g/mol. The topological polar surface area (TPSA) is 59.5 Å². The van der Waals surface area contributed by atoms with Gasteiger partial charge in [-0.1, -0.05) is 0 Å². The van der Waals surface area contributed by atoms with Gasteiger partial charge in [0.25, 0.3) is 5.91 Å². The van der Waals surface area contributed by atoms with E-state index in [1.54, 1.807) is 0 Å². The Morgan fingerprint density at radius 1 is 1.39 bits per heavy atom. The summed E-state index contributed by atoms with van der Waals surface area (Å²) in [5, 5.41) is 0. The Balaban J connectivity index is 1.77. The van der Waals surface area contributed by atoms with E-state index in [2.05, 4.69) is 0 Å². The molecule has 2 heterocycles. The van der Waals surface area contributed by atoms with Gasteiger partial charge in [0, 0.05) is 19.1 Å². The van der Waals surface area contributed by atoms with Gasteiger partial charge in [-0.2, -0.15) is 0 Å². The number of rotatable bonds is 1. The lowest BCUT2D eigenvalue weighted by Crippen LogP contribution is -2.33. The van der Waals surface area contributed by atoms with Crippen molar-refractivity contribution in [2.75, 3.05) is 13.1 Å². The minimum absolute atomic E-state index is 0.103. The second-order valence-corrected chi connectivity index (χ2v) is 5.70. The molecular formula is C14H20N2O2. The number of carbonyl (C=O) groups is 1. The van der Waals surface area contributed by atoms with Crippen molar-refractivity contribution in [2.45, 2.75) is 32.7 Å². The molecule has 0 aromatic carbocycles. The standard InChI is InChI=1S/C14H20N2O2/c1-8-5-11(9(2)18-8)14(17)16-6-10-3-4-13(15)12(10)7-16/h5,10,12-13H,3-4,6-7,15H2,1-2H3/t10-,12-,13-/m0/s1. The highest BCUT2D eigenvalue weighted by atomic mass is 16.3. The van der Waals surface area contributed by atoms with Crippen LogP contribution in [0.1, 0.15) is 34.7 Å². The van der Waals surface area contributed by atoms with Gasteiger partial charge in [0.2, 0.25) is 0 Å². The van der Waals surface area contributed by atoms with Crippen molar-refractivity contribution in [2.24, 2.45) is 17.6 Å². The summed E-state index contributed by atoms with van der Waals surface area (Å²) in [5.41, 5.74) is 6.81. The fourth-order valence-electron chi connectivity index (χ4n) is 3.49. The van der Waals surface area contributed by atoms with Crippen LogP contribution in [0.4, 0.5) is 0 Å². The molecule has 18 heavy (non-hydrogen) atoms. The Bertz CT molecular complexity index is 480. The molecule has 4 nitrogen and oxygen atoms in total. The molecule has 1 aromatic rings. The quantitative estimate of drug-likeness (QED) is 0.823. The lowest BCUT2D eigenvalue weighted by Gasteiger charge is -2.18. The maximum Gasteiger partial charge on any atom is 0.257 e. The predicted molar refractivity (Wildman–Crippen MR) is 68.3 cm³/mol. The number of nitrogens with zero attached hydrogens (tertiary/aromatic N) is 1. The molecule has 0 bridgehead atoms. The summed E-state index contributed by atoms with van der Waals surface area (Å²) in [7, 11) is 0. The van der Waals surface area contributed by atoms with Crippen molar-refractivity contribution in [3.8, 4) is 0 Å². The molecule has 3 atom stereocenters. The summed E-state index contributed by atoms with van der Waals surface area (Å²) >= 11 is 0. The molecule has 1 aliphatic heterocycles. The molecule has 0 unspecified atom stereocenters. The first-order chi connectivity index (χ1) is 8.56. The van der Waals surface area contributed by atoms with E-state index >= 15 is 0 Å². The van der Waals surface area contributed by atoms with E-state index in [-0.39, 0.29) is 11.9 Å². The zero-order valence-corrected chi connectivity index (χ0v) is 11.0. The first-order valence-corrected chi connectivity index (χ1v) is 6.68. The molecule has 1 aliphatic carbocycles. The van der Waals surface area contributed by atoms with E-state index in [4.69, 9.17) is 10.2 Å². The van der Waals surface area contributed by atoms with Gasteiger partial charge in [0.05, 0.1) is 5.56 Å². The van der Waals surface area contributed by atoms with Crippen LogP contribution in [0.2, 0.25) is 0 Å². The molecule has 1 amide bonds.